The number of fused-ring (bicyclic) bond motifs is 3. The Labute approximate surface area is 304 Å². The van der Waals surface area contributed by atoms with E-state index in [9.17, 15) is 0 Å². The molecule has 0 spiro atoms. The molecule has 0 aliphatic carbocycles. The molecule has 9 rings (SSSR count). The second-order valence-electron chi connectivity index (χ2n) is 12.9. The van der Waals surface area contributed by atoms with E-state index in [0.717, 1.165) is 50.1 Å². The molecule has 2 nitrogen and oxygen atoms in total. The fourth-order valence-corrected chi connectivity index (χ4v) is 7.26. The molecule has 8 aromatic carbocycles. The fourth-order valence-electron chi connectivity index (χ4n) is 7.26. The largest absolute Gasteiger partial charge is 0.456 e. The lowest BCUT2D eigenvalue weighted by Gasteiger charge is -2.26. The summed E-state index contributed by atoms with van der Waals surface area (Å²) in [6.45, 7) is 0. The molecule has 0 aliphatic rings. The van der Waals surface area contributed by atoms with Crippen LogP contribution in [-0.4, -0.2) is 0 Å². The predicted octanol–water partition coefficient (Wildman–Crippen LogP) is 13.7. The molecule has 0 atom stereocenters. The molecule has 0 N–H and O–H groups in total. The number of rotatable bonds is 8. The van der Waals surface area contributed by atoms with Crippen LogP contribution in [-0.2, 0) is 0 Å². The zero-order chi connectivity index (χ0) is 34.7. The van der Waals surface area contributed by atoms with Crippen molar-refractivity contribution in [3.63, 3.8) is 0 Å². The van der Waals surface area contributed by atoms with Crippen LogP contribution in [0.4, 0.5) is 17.1 Å². The maximum atomic E-state index is 6.17. The Morgan fingerprint density at radius 3 is 1.40 bits per heavy atom. The first-order valence-electron chi connectivity index (χ1n) is 17.7. The van der Waals surface area contributed by atoms with Gasteiger partial charge in [0.15, 0.2) is 0 Å². The van der Waals surface area contributed by atoms with Crippen molar-refractivity contribution >= 4 is 50.1 Å². The molecule has 0 amide bonds. The van der Waals surface area contributed by atoms with E-state index in [1.165, 1.54) is 33.4 Å². The van der Waals surface area contributed by atoms with Crippen LogP contribution in [0.15, 0.2) is 217 Å². The van der Waals surface area contributed by atoms with Crippen molar-refractivity contribution < 1.29 is 4.42 Å². The number of hydrogen-bond donors (Lipinski definition) is 0. The van der Waals surface area contributed by atoms with Gasteiger partial charge in [0.1, 0.15) is 11.2 Å². The quantitative estimate of drug-likeness (QED) is 0.150. The summed E-state index contributed by atoms with van der Waals surface area (Å²) in [4.78, 5) is 2.32. The molecule has 1 heterocycles. The van der Waals surface area contributed by atoms with Gasteiger partial charge in [0.25, 0.3) is 0 Å². The zero-order valence-corrected chi connectivity index (χ0v) is 28.6. The molecule has 246 valence electrons. The van der Waals surface area contributed by atoms with Crippen LogP contribution < -0.4 is 4.90 Å². The van der Waals surface area contributed by atoms with Crippen LogP contribution in [0.3, 0.4) is 0 Å². The first-order valence-corrected chi connectivity index (χ1v) is 17.7. The van der Waals surface area contributed by atoms with Crippen molar-refractivity contribution in [2.24, 2.45) is 0 Å². The molecule has 0 fully saturated rings. The van der Waals surface area contributed by atoms with E-state index in [0.29, 0.717) is 0 Å². The van der Waals surface area contributed by atoms with Crippen molar-refractivity contribution in [3.05, 3.63) is 235 Å². The summed E-state index contributed by atoms with van der Waals surface area (Å²) >= 11 is 0. The van der Waals surface area contributed by atoms with Crippen LogP contribution in [0, 0.1) is 0 Å². The lowest BCUT2D eigenvalue weighted by molar-refractivity contribution is 0.669. The van der Waals surface area contributed by atoms with Crippen molar-refractivity contribution in [2.45, 2.75) is 0 Å². The minimum Gasteiger partial charge on any atom is -0.456 e. The first kappa shape index (κ1) is 31.1. The Bertz CT molecular complexity index is 2600. The molecule has 1 aromatic heterocycles. The molecule has 52 heavy (non-hydrogen) atoms. The summed E-state index contributed by atoms with van der Waals surface area (Å²) in [6, 6.07) is 75.3. The SMILES string of the molecule is c1ccc(C(=C(c2ccccc2)c2ccc(-c3cccc(N(c4ccccc4)c4ccc5oc6ccccc6c5c4)c3)cc2)c2ccccc2)cc1. The van der Waals surface area contributed by atoms with Crippen LogP contribution >= 0.6 is 0 Å². The number of hydrogen-bond acceptors (Lipinski definition) is 2. The molecule has 0 bridgehead atoms. The van der Waals surface area contributed by atoms with Crippen molar-refractivity contribution in [3.8, 4) is 11.1 Å². The van der Waals surface area contributed by atoms with E-state index in [-0.39, 0.29) is 0 Å². The van der Waals surface area contributed by atoms with Gasteiger partial charge in [0.05, 0.1) is 0 Å². The third-order valence-electron chi connectivity index (χ3n) is 9.68. The van der Waals surface area contributed by atoms with Gasteiger partial charge < -0.3 is 9.32 Å². The van der Waals surface area contributed by atoms with Gasteiger partial charge in [-0.25, -0.2) is 0 Å². The number of para-hydroxylation sites is 2. The normalized spacial score (nSPS) is 11.1. The molecule has 0 saturated carbocycles. The van der Waals surface area contributed by atoms with Gasteiger partial charge in [-0.3, -0.25) is 0 Å². The Hall–Kier alpha value is -6.90. The Morgan fingerprint density at radius 1 is 0.308 bits per heavy atom. The molecule has 0 radical (unpaired) electrons. The number of anilines is 3. The second kappa shape index (κ2) is 13.8. The smallest absolute Gasteiger partial charge is 0.135 e. The maximum absolute atomic E-state index is 6.17. The molecule has 0 saturated heterocycles. The maximum Gasteiger partial charge on any atom is 0.135 e. The summed E-state index contributed by atoms with van der Waals surface area (Å²) in [6.07, 6.45) is 0. The highest BCUT2D eigenvalue weighted by atomic mass is 16.3. The van der Waals surface area contributed by atoms with Crippen LogP contribution in [0.2, 0.25) is 0 Å². The van der Waals surface area contributed by atoms with Crippen LogP contribution in [0.25, 0.3) is 44.2 Å². The first-order chi connectivity index (χ1) is 25.8. The van der Waals surface area contributed by atoms with Crippen molar-refractivity contribution in [1.29, 1.82) is 0 Å². The summed E-state index contributed by atoms with van der Waals surface area (Å²) in [5.74, 6) is 0. The van der Waals surface area contributed by atoms with E-state index in [2.05, 4.69) is 205 Å². The highest BCUT2D eigenvalue weighted by Crippen LogP contribution is 2.41. The van der Waals surface area contributed by atoms with E-state index < -0.39 is 0 Å². The average molecular weight is 666 g/mol. The van der Waals surface area contributed by atoms with Crippen molar-refractivity contribution in [2.75, 3.05) is 4.90 Å². The third-order valence-corrected chi connectivity index (χ3v) is 9.68. The van der Waals surface area contributed by atoms with E-state index in [1.54, 1.807) is 0 Å². The van der Waals surface area contributed by atoms with E-state index >= 15 is 0 Å². The fraction of sp³-hybridized carbons (Fsp3) is 0. The van der Waals surface area contributed by atoms with E-state index in [1.807, 2.05) is 12.1 Å². The highest BCUT2D eigenvalue weighted by molar-refractivity contribution is 6.07. The predicted molar refractivity (Wildman–Crippen MR) is 218 cm³/mol. The molecule has 0 aliphatic heterocycles. The van der Waals surface area contributed by atoms with Gasteiger partial charge >= 0.3 is 0 Å². The summed E-state index contributed by atoms with van der Waals surface area (Å²) in [5, 5.41) is 2.22. The molecular weight excluding hydrogens is 631 g/mol. The lowest BCUT2D eigenvalue weighted by atomic mass is 9.85. The topological polar surface area (TPSA) is 16.4 Å². The molecular formula is C50H35NO. The number of benzene rings is 8. The minimum absolute atomic E-state index is 0.887. The minimum atomic E-state index is 0.887. The monoisotopic (exact) mass is 665 g/mol. The highest BCUT2D eigenvalue weighted by Gasteiger charge is 2.18. The van der Waals surface area contributed by atoms with Gasteiger partial charge in [-0.05, 0) is 93.1 Å². The van der Waals surface area contributed by atoms with Gasteiger partial charge in [0.2, 0.25) is 0 Å². The standard InChI is InChI=1S/C50H35NO/c1-5-16-37(17-6-1)49(38-18-7-2-8-19-38)50(39-20-9-3-10-21-39)40-30-28-36(29-31-40)41-22-15-25-43(34-41)51(42-23-11-4-12-24-42)44-32-33-48-46(35-44)45-26-13-14-27-47(45)52-48/h1-35H. The molecule has 2 heteroatoms. The molecule has 0 unspecified atom stereocenters. The van der Waals surface area contributed by atoms with Gasteiger partial charge in [-0.1, -0.05) is 164 Å². The van der Waals surface area contributed by atoms with Gasteiger partial charge in [-0.15, -0.1) is 0 Å². The zero-order valence-electron chi connectivity index (χ0n) is 28.6. The van der Waals surface area contributed by atoms with E-state index in [4.69, 9.17) is 4.42 Å². The average Bonchev–Trinajstić information content (AvgIpc) is 3.60. The number of nitrogens with zero attached hydrogens (tertiary/aromatic N) is 1. The number of furan rings is 1. The summed E-state index contributed by atoms with van der Waals surface area (Å²) in [7, 11) is 0. The van der Waals surface area contributed by atoms with Gasteiger partial charge in [0, 0.05) is 27.8 Å². The van der Waals surface area contributed by atoms with Crippen molar-refractivity contribution in [1.82, 2.24) is 0 Å². The summed E-state index contributed by atoms with van der Waals surface area (Å²) < 4.78 is 6.17. The van der Waals surface area contributed by atoms with Gasteiger partial charge in [-0.2, -0.15) is 0 Å². The van der Waals surface area contributed by atoms with Crippen LogP contribution in [0.1, 0.15) is 22.3 Å². The Morgan fingerprint density at radius 2 is 0.788 bits per heavy atom. The Kier molecular flexibility index (Phi) is 8.24. The van der Waals surface area contributed by atoms with Crippen LogP contribution in [0.5, 0.6) is 0 Å². The second-order valence-corrected chi connectivity index (χ2v) is 12.9. The third kappa shape index (κ3) is 5.97. The Balaban J connectivity index is 1.15. The lowest BCUT2D eigenvalue weighted by Crippen LogP contribution is -2.09. The summed E-state index contributed by atoms with van der Waals surface area (Å²) in [5.41, 5.74) is 14.5. The molecule has 9 aromatic rings.